The Morgan fingerprint density at radius 1 is 1.16 bits per heavy atom. The van der Waals surface area contributed by atoms with Crippen molar-refractivity contribution in [2.45, 2.75) is 6.42 Å². The van der Waals surface area contributed by atoms with Crippen LogP contribution in [0, 0.1) is 0 Å². The third kappa shape index (κ3) is 4.03. The van der Waals surface area contributed by atoms with Gasteiger partial charge in [-0.1, -0.05) is 12.1 Å². The van der Waals surface area contributed by atoms with Crippen LogP contribution in [0.2, 0.25) is 0 Å². The Kier molecular flexibility index (Phi) is 5.09. The van der Waals surface area contributed by atoms with E-state index in [-0.39, 0.29) is 13.4 Å². The number of ether oxygens (including phenoxy) is 5. The predicted molar refractivity (Wildman–Crippen MR) is 90.6 cm³/mol. The highest BCUT2D eigenvalue weighted by Gasteiger charge is 2.16. The lowest BCUT2D eigenvalue weighted by molar-refractivity contribution is -0.136. The molecule has 0 fully saturated rings. The minimum absolute atomic E-state index is 0.164. The monoisotopic (exact) mass is 342 g/mol. The first-order chi connectivity index (χ1) is 12.2. The van der Waals surface area contributed by atoms with Crippen LogP contribution >= 0.6 is 0 Å². The van der Waals surface area contributed by atoms with Gasteiger partial charge in [-0.15, -0.1) is 6.58 Å². The molecule has 1 heterocycles. The molecule has 1 aliphatic heterocycles. The smallest absolute Gasteiger partial charge is 0.349 e. The summed E-state index contributed by atoms with van der Waals surface area (Å²) < 4.78 is 26.5. The van der Waals surface area contributed by atoms with Crippen molar-refractivity contribution in [2.24, 2.45) is 0 Å². The normalized spacial score (nSPS) is 11.7. The van der Waals surface area contributed by atoms with E-state index >= 15 is 0 Å². The van der Waals surface area contributed by atoms with Gasteiger partial charge in [0.05, 0.1) is 7.11 Å². The first-order valence-electron chi connectivity index (χ1n) is 7.70. The van der Waals surface area contributed by atoms with Gasteiger partial charge in [0.15, 0.2) is 29.6 Å². The maximum Gasteiger partial charge on any atom is 0.349 e. The zero-order valence-electron chi connectivity index (χ0n) is 13.8. The number of methoxy groups -OCH3 is 1. The number of hydrogen-bond acceptors (Lipinski definition) is 6. The van der Waals surface area contributed by atoms with Gasteiger partial charge in [0.1, 0.15) is 5.75 Å². The van der Waals surface area contributed by atoms with Crippen molar-refractivity contribution in [3.63, 3.8) is 0 Å². The molecule has 130 valence electrons. The third-order valence-corrected chi connectivity index (χ3v) is 3.53. The van der Waals surface area contributed by atoms with Gasteiger partial charge in [0.2, 0.25) is 6.79 Å². The largest absolute Gasteiger partial charge is 0.493 e. The van der Waals surface area contributed by atoms with Crippen LogP contribution in [0.3, 0.4) is 0 Å². The molecule has 0 aromatic heterocycles. The lowest BCUT2D eigenvalue weighted by atomic mass is 10.1. The fraction of sp³-hybridized carbons (Fsp3) is 0.211. The van der Waals surface area contributed by atoms with Gasteiger partial charge in [-0.2, -0.15) is 0 Å². The maximum atomic E-state index is 12.0. The van der Waals surface area contributed by atoms with E-state index in [9.17, 15) is 4.79 Å². The molecule has 0 saturated carbocycles. The molecule has 0 aliphatic carbocycles. The van der Waals surface area contributed by atoms with Gasteiger partial charge in [-0.05, 0) is 36.2 Å². The van der Waals surface area contributed by atoms with Crippen molar-refractivity contribution in [1.29, 1.82) is 0 Å². The minimum Gasteiger partial charge on any atom is -0.493 e. The fourth-order valence-electron chi connectivity index (χ4n) is 2.36. The van der Waals surface area contributed by atoms with Crippen LogP contribution in [-0.2, 0) is 11.2 Å². The highest BCUT2D eigenvalue weighted by molar-refractivity contribution is 5.74. The van der Waals surface area contributed by atoms with E-state index < -0.39 is 5.97 Å². The molecule has 0 radical (unpaired) electrons. The van der Waals surface area contributed by atoms with E-state index in [4.69, 9.17) is 23.7 Å². The first-order valence-corrected chi connectivity index (χ1v) is 7.70. The summed E-state index contributed by atoms with van der Waals surface area (Å²) in [6.45, 7) is 3.62. The minimum atomic E-state index is -0.531. The topological polar surface area (TPSA) is 63.2 Å². The number of rotatable bonds is 7. The molecule has 6 nitrogen and oxygen atoms in total. The van der Waals surface area contributed by atoms with Gasteiger partial charge < -0.3 is 23.7 Å². The third-order valence-electron chi connectivity index (χ3n) is 3.53. The molecule has 0 bridgehead atoms. The highest BCUT2D eigenvalue weighted by Crippen LogP contribution is 2.35. The van der Waals surface area contributed by atoms with E-state index in [1.54, 1.807) is 37.5 Å². The number of fused-ring (bicyclic) bond motifs is 1. The van der Waals surface area contributed by atoms with E-state index in [1.165, 1.54) is 0 Å². The van der Waals surface area contributed by atoms with Crippen LogP contribution < -0.4 is 23.7 Å². The Morgan fingerprint density at radius 3 is 2.80 bits per heavy atom. The van der Waals surface area contributed by atoms with Crippen LogP contribution in [0.1, 0.15) is 5.56 Å². The molecule has 0 spiro atoms. The molecule has 2 aromatic rings. The van der Waals surface area contributed by atoms with Crippen LogP contribution in [0.25, 0.3) is 0 Å². The van der Waals surface area contributed by atoms with Crippen molar-refractivity contribution in [2.75, 3.05) is 20.5 Å². The van der Waals surface area contributed by atoms with Gasteiger partial charge >= 0.3 is 5.97 Å². The molecule has 0 amide bonds. The number of esters is 1. The molecule has 25 heavy (non-hydrogen) atoms. The molecule has 0 atom stereocenters. The number of carbonyl (C=O) groups is 1. The molecule has 1 aliphatic rings. The Morgan fingerprint density at radius 2 is 2.00 bits per heavy atom. The van der Waals surface area contributed by atoms with Crippen molar-refractivity contribution in [3.8, 4) is 28.7 Å². The maximum absolute atomic E-state index is 12.0. The fourth-order valence-corrected chi connectivity index (χ4v) is 2.36. The summed E-state index contributed by atoms with van der Waals surface area (Å²) >= 11 is 0. The predicted octanol–water partition coefficient (Wildman–Crippen LogP) is 3.14. The number of allylic oxidation sites excluding steroid dienone is 1. The second-order valence-electron chi connectivity index (χ2n) is 5.26. The van der Waals surface area contributed by atoms with Crippen molar-refractivity contribution >= 4 is 5.97 Å². The molecule has 0 saturated heterocycles. The Labute approximate surface area is 145 Å². The number of benzene rings is 2. The summed E-state index contributed by atoms with van der Waals surface area (Å²) in [5.41, 5.74) is 1.04. The standard InChI is InChI=1S/C19H18O6/c1-3-4-13-5-7-15(17(9-13)21-2)22-11-19(20)25-14-6-8-16-18(10-14)24-12-23-16/h3,5-10H,1,4,11-12H2,2H3. The van der Waals surface area contributed by atoms with Crippen LogP contribution in [-0.4, -0.2) is 26.5 Å². The van der Waals surface area contributed by atoms with E-state index in [2.05, 4.69) is 6.58 Å². The van der Waals surface area contributed by atoms with Crippen LogP contribution in [0.15, 0.2) is 49.1 Å². The van der Waals surface area contributed by atoms with Gasteiger partial charge in [-0.25, -0.2) is 4.79 Å². The summed E-state index contributed by atoms with van der Waals surface area (Å²) in [5.74, 6) is 2.03. The summed E-state index contributed by atoms with van der Waals surface area (Å²) in [6, 6.07) is 10.4. The van der Waals surface area contributed by atoms with Gasteiger partial charge in [0, 0.05) is 6.07 Å². The average Bonchev–Trinajstić information content (AvgIpc) is 3.08. The zero-order chi connectivity index (χ0) is 17.6. The summed E-state index contributed by atoms with van der Waals surface area (Å²) in [7, 11) is 1.55. The summed E-state index contributed by atoms with van der Waals surface area (Å²) in [5, 5.41) is 0. The lowest BCUT2D eigenvalue weighted by Crippen LogP contribution is -2.18. The van der Waals surface area contributed by atoms with Crippen molar-refractivity contribution < 1.29 is 28.5 Å². The molecular formula is C19H18O6. The van der Waals surface area contributed by atoms with Crippen molar-refractivity contribution in [3.05, 3.63) is 54.6 Å². The Hall–Kier alpha value is -3.15. The second-order valence-corrected chi connectivity index (χ2v) is 5.26. The van der Waals surface area contributed by atoms with Crippen LogP contribution in [0.4, 0.5) is 0 Å². The quantitative estimate of drug-likeness (QED) is 0.438. The summed E-state index contributed by atoms with van der Waals surface area (Å²) in [4.78, 5) is 12.0. The van der Waals surface area contributed by atoms with E-state index in [0.29, 0.717) is 28.7 Å². The first kappa shape index (κ1) is 16.7. The number of carbonyl (C=O) groups excluding carboxylic acids is 1. The Balaban J connectivity index is 1.59. The lowest BCUT2D eigenvalue weighted by Gasteiger charge is -2.11. The number of hydrogen-bond donors (Lipinski definition) is 0. The van der Waals surface area contributed by atoms with E-state index in [0.717, 1.165) is 12.0 Å². The molecule has 2 aromatic carbocycles. The second kappa shape index (κ2) is 7.61. The zero-order valence-corrected chi connectivity index (χ0v) is 13.8. The molecule has 0 N–H and O–H groups in total. The summed E-state index contributed by atoms with van der Waals surface area (Å²) in [6.07, 6.45) is 2.53. The van der Waals surface area contributed by atoms with Gasteiger partial charge in [0.25, 0.3) is 0 Å². The molecule has 0 unspecified atom stereocenters. The molecule has 6 heteroatoms. The SMILES string of the molecule is C=CCc1ccc(OCC(=O)Oc2ccc3c(c2)OCO3)c(OC)c1. The average molecular weight is 342 g/mol. The van der Waals surface area contributed by atoms with Crippen LogP contribution in [0.5, 0.6) is 28.7 Å². The van der Waals surface area contributed by atoms with E-state index in [1.807, 2.05) is 12.1 Å². The molecule has 3 rings (SSSR count). The molecular weight excluding hydrogens is 324 g/mol. The van der Waals surface area contributed by atoms with Crippen molar-refractivity contribution in [1.82, 2.24) is 0 Å². The highest BCUT2D eigenvalue weighted by atomic mass is 16.7. The Bertz CT molecular complexity index is 783. The van der Waals surface area contributed by atoms with Gasteiger partial charge in [-0.3, -0.25) is 0 Å².